The van der Waals surface area contributed by atoms with Gasteiger partial charge in [-0.15, -0.1) is 5.53 Å². The number of phenols is 2. The SMILES string of the molecule is CC(C)[C@H](CO)Nc1nc(NCc2cc(O)c(Cl)cc2O)c2c(n1)N(C(C)C)NN2C(C)C. The number of aromatic nitrogens is 2. The maximum absolute atomic E-state index is 10.3. The average Bonchev–Trinajstić information content (AvgIpc) is 3.13. The normalized spacial score (nSPS) is 14.4. The van der Waals surface area contributed by atoms with Crippen molar-refractivity contribution < 1.29 is 15.3 Å². The number of phenolic OH excluding ortho intramolecular Hbond substituents is 2. The zero-order valence-corrected chi connectivity index (χ0v) is 20.6. The van der Waals surface area contributed by atoms with Crippen molar-refractivity contribution in [3.63, 3.8) is 0 Å². The van der Waals surface area contributed by atoms with Crippen molar-refractivity contribution in [1.29, 1.82) is 0 Å². The molecule has 1 aliphatic rings. The lowest BCUT2D eigenvalue weighted by Crippen LogP contribution is -2.50. The van der Waals surface area contributed by atoms with E-state index in [1.165, 1.54) is 12.1 Å². The van der Waals surface area contributed by atoms with E-state index in [4.69, 9.17) is 21.6 Å². The van der Waals surface area contributed by atoms with Gasteiger partial charge >= 0.3 is 0 Å². The van der Waals surface area contributed by atoms with E-state index in [1.54, 1.807) is 0 Å². The Bertz CT molecular complexity index is 987. The van der Waals surface area contributed by atoms with Crippen molar-refractivity contribution >= 4 is 34.9 Å². The molecule has 0 spiro atoms. The van der Waals surface area contributed by atoms with Crippen LogP contribution in [-0.4, -0.2) is 50.0 Å². The summed E-state index contributed by atoms with van der Waals surface area (Å²) in [6.45, 7) is 12.4. The van der Waals surface area contributed by atoms with Crippen LogP contribution in [0.4, 0.5) is 23.3 Å². The molecule has 33 heavy (non-hydrogen) atoms. The first-order valence-corrected chi connectivity index (χ1v) is 11.5. The smallest absolute Gasteiger partial charge is 0.227 e. The summed E-state index contributed by atoms with van der Waals surface area (Å²) < 4.78 is 0. The summed E-state index contributed by atoms with van der Waals surface area (Å²) in [6, 6.07) is 2.73. The second-order valence-corrected chi connectivity index (χ2v) is 9.47. The quantitative estimate of drug-likeness (QED) is 0.297. The molecule has 0 saturated heterocycles. The van der Waals surface area contributed by atoms with Crippen LogP contribution >= 0.6 is 11.6 Å². The van der Waals surface area contributed by atoms with E-state index in [2.05, 4.69) is 43.9 Å². The maximum Gasteiger partial charge on any atom is 0.227 e. The summed E-state index contributed by atoms with van der Waals surface area (Å²) in [5.74, 6) is 1.65. The molecule has 0 fully saturated rings. The first-order valence-electron chi connectivity index (χ1n) is 11.1. The third-order valence-corrected chi connectivity index (χ3v) is 5.80. The summed E-state index contributed by atoms with van der Waals surface area (Å²) in [4.78, 5) is 9.46. The third kappa shape index (κ3) is 5.29. The van der Waals surface area contributed by atoms with Crippen LogP contribution in [0.25, 0.3) is 0 Å². The van der Waals surface area contributed by atoms with Gasteiger partial charge in [-0.25, -0.2) is 0 Å². The molecule has 0 radical (unpaired) electrons. The highest BCUT2D eigenvalue weighted by Gasteiger charge is 2.35. The van der Waals surface area contributed by atoms with Crippen LogP contribution in [0.2, 0.25) is 5.02 Å². The van der Waals surface area contributed by atoms with Gasteiger partial charge in [-0.3, -0.25) is 10.0 Å². The second kappa shape index (κ2) is 10.1. The largest absolute Gasteiger partial charge is 0.508 e. The Morgan fingerprint density at radius 2 is 1.67 bits per heavy atom. The van der Waals surface area contributed by atoms with Gasteiger partial charge in [-0.1, -0.05) is 25.4 Å². The van der Waals surface area contributed by atoms with E-state index in [0.717, 1.165) is 5.69 Å². The monoisotopic (exact) mass is 479 g/mol. The molecule has 182 valence electrons. The number of hydrogen-bond acceptors (Lipinski definition) is 10. The predicted octanol–water partition coefficient (Wildman–Crippen LogP) is 3.44. The van der Waals surface area contributed by atoms with Crippen molar-refractivity contribution in [2.75, 3.05) is 27.3 Å². The lowest BCUT2D eigenvalue weighted by atomic mass is 10.1. The fourth-order valence-electron chi connectivity index (χ4n) is 3.47. The van der Waals surface area contributed by atoms with E-state index >= 15 is 0 Å². The van der Waals surface area contributed by atoms with Gasteiger partial charge in [0.05, 0.1) is 17.7 Å². The Balaban J connectivity index is 2.04. The van der Waals surface area contributed by atoms with Crippen molar-refractivity contribution in [2.45, 2.75) is 66.2 Å². The molecule has 1 aromatic carbocycles. The highest BCUT2D eigenvalue weighted by atomic mass is 35.5. The molecular weight excluding hydrogens is 446 g/mol. The van der Waals surface area contributed by atoms with Crippen LogP contribution in [0.1, 0.15) is 47.1 Å². The molecule has 0 aliphatic carbocycles. The summed E-state index contributed by atoms with van der Waals surface area (Å²) >= 11 is 5.89. The summed E-state index contributed by atoms with van der Waals surface area (Å²) in [5, 5.41) is 40.5. The number of nitrogens with one attached hydrogen (secondary N) is 3. The third-order valence-electron chi connectivity index (χ3n) is 5.49. The van der Waals surface area contributed by atoms with Crippen molar-refractivity contribution in [2.24, 2.45) is 5.92 Å². The number of hydrogen-bond donors (Lipinski definition) is 6. The Morgan fingerprint density at radius 1 is 1.00 bits per heavy atom. The molecule has 2 heterocycles. The molecule has 1 atom stereocenters. The van der Waals surface area contributed by atoms with E-state index in [1.807, 2.05) is 23.9 Å². The fraction of sp³-hybridized carbons (Fsp3) is 0.545. The molecule has 0 amide bonds. The Morgan fingerprint density at radius 3 is 2.24 bits per heavy atom. The zero-order chi connectivity index (χ0) is 24.4. The van der Waals surface area contributed by atoms with Crippen molar-refractivity contribution in [1.82, 2.24) is 15.5 Å². The molecule has 10 nitrogen and oxygen atoms in total. The summed E-state index contributed by atoms with van der Waals surface area (Å²) in [7, 11) is 0. The van der Waals surface area contributed by atoms with Crippen LogP contribution in [0, 0.1) is 5.92 Å². The van der Waals surface area contributed by atoms with Gasteiger partial charge in [-0.05, 0) is 39.7 Å². The van der Waals surface area contributed by atoms with Gasteiger partial charge in [0, 0.05) is 30.3 Å². The maximum atomic E-state index is 10.3. The first kappa shape index (κ1) is 24.9. The van der Waals surface area contributed by atoms with Gasteiger partial charge in [0.1, 0.15) is 17.2 Å². The van der Waals surface area contributed by atoms with Gasteiger partial charge in [-0.2, -0.15) is 9.97 Å². The topological polar surface area (TPSA) is 129 Å². The zero-order valence-electron chi connectivity index (χ0n) is 19.9. The fourth-order valence-corrected chi connectivity index (χ4v) is 3.63. The molecule has 0 saturated carbocycles. The molecule has 1 aromatic heterocycles. The van der Waals surface area contributed by atoms with Crippen molar-refractivity contribution in [3.8, 4) is 11.5 Å². The van der Waals surface area contributed by atoms with E-state index in [9.17, 15) is 15.3 Å². The summed E-state index contributed by atoms with van der Waals surface area (Å²) in [5.41, 5.74) is 4.62. The number of fused-ring (bicyclic) bond motifs is 1. The molecule has 0 unspecified atom stereocenters. The molecule has 0 bridgehead atoms. The lowest BCUT2D eigenvalue weighted by Gasteiger charge is -2.27. The number of nitrogens with zero attached hydrogens (tertiary/aromatic N) is 4. The predicted molar refractivity (Wildman–Crippen MR) is 132 cm³/mol. The molecular formula is C22H34ClN7O3. The van der Waals surface area contributed by atoms with Gasteiger partial charge < -0.3 is 26.0 Å². The van der Waals surface area contributed by atoms with Crippen LogP contribution in [0.15, 0.2) is 12.1 Å². The van der Waals surface area contributed by atoms with E-state index in [0.29, 0.717) is 23.1 Å². The van der Waals surface area contributed by atoms with Gasteiger partial charge in [0.2, 0.25) is 5.95 Å². The number of halogens is 1. The molecule has 3 rings (SSSR count). The lowest BCUT2D eigenvalue weighted by molar-refractivity contribution is 0.248. The Hall–Kier alpha value is -2.69. The number of aliphatic hydroxyl groups is 1. The number of hydrazine groups is 2. The number of anilines is 4. The van der Waals surface area contributed by atoms with Crippen LogP contribution in [0.5, 0.6) is 11.5 Å². The Labute approximate surface area is 199 Å². The minimum atomic E-state index is -0.212. The minimum absolute atomic E-state index is 0.0304. The standard InChI is InChI=1S/C22H34ClN7O3/c1-11(2)16(10-31)25-22-26-20(24-9-14-7-18(33)15(23)8-17(14)32)19-21(27-22)30(13(5)6)28-29(19)12(3)4/h7-8,11-13,16,28,31-33H,9-10H2,1-6H3,(H2,24,25,26,27)/t16-/m0/s1. The van der Waals surface area contributed by atoms with Crippen LogP contribution < -0.4 is 26.2 Å². The Kier molecular flexibility index (Phi) is 7.61. The van der Waals surface area contributed by atoms with Gasteiger partial charge in [0.25, 0.3) is 0 Å². The van der Waals surface area contributed by atoms with Crippen LogP contribution in [-0.2, 0) is 6.54 Å². The highest BCUT2D eigenvalue weighted by molar-refractivity contribution is 6.32. The number of aliphatic hydroxyl groups excluding tert-OH is 1. The number of aromatic hydroxyl groups is 2. The number of benzene rings is 1. The van der Waals surface area contributed by atoms with Crippen LogP contribution in [0.3, 0.4) is 0 Å². The minimum Gasteiger partial charge on any atom is -0.508 e. The first-order chi connectivity index (χ1) is 15.5. The van der Waals surface area contributed by atoms with Crippen molar-refractivity contribution in [3.05, 3.63) is 22.7 Å². The second-order valence-electron chi connectivity index (χ2n) is 9.06. The van der Waals surface area contributed by atoms with Gasteiger partial charge in [0.15, 0.2) is 11.6 Å². The molecule has 2 aromatic rings. The molecule has 11 heteroatoms. The summed E-state index contributed by atoms with van der Waals surface area (Å²) in [6.07, 6.45) is 0. The highest BCUT2D eigenvalue weighted by Crippen LogP contribution is 2.41. The average molecular weight is 480 g/mol. The molecule has 1 aliphatic heterocycles. The van der Waals surface area contributed by atoms with E-state index in [-0.39, 0.29) is 53.7 Å². The molecule has 6 N–H and O–H groups in total. The number of rotatable bonds is 9. The van der Waals surface area contributed by atoms with E-state index < -0.39 is 0 Å².